The second-order valence-electron chi connectivity index (χ2n) is 4.43. The molecule has 0 saturated heterocycles. The van der Waals surface area contributed by atoms with Crippen molar-refractivity contribution < 1.29 is 5.11 Å². The third-order valence-electron chi connectivity index (χ3n) is 2.99. The van der Waals surface area contributed by atoms with Crippen molar-refractivity contribution in [1.82, 2.24) is 4.98 Å². The maximum absolute atomic E-state index is 10.4. The Morgan fingerprint density at radius 1 is 1.25 bits per heavy atom. The summed E-state index contributed by atoms with van der Waals surface area (Å²) in [6.07, 6.45) is 5.32. The van der Waals surface area contributed by atoms with Gasteiger partial charge in [-0.1, -0.05) is 37.6 Å². The summed E-state index contributed by atoms with van der Waals surface area (Å²) in [6.45, 7) is 3.94. The molecule has 84 valence electrons. The molecule has 0 aliphatic carbocycles. The Balaban J connectivity index is 2.60. The van der Waals surface area contributed by atoms with Crippen molar-refractivity contribution in [3.8, 4) is 0 Å². The van der Waals surface area contributed by atoms with E-state index in [0.29, 0.717) is 0 Å². The Morgan fingerprint density at radius 3 is 2.75 bits per heavy atom. The third-order valence-corrected chi connectivity index (χ3v) is 2.99. The standard InChI is InChI=1S/C14H17NO/c1-3-8-14(2,16)13-10-15-9-11-6-4-5-7-12(11)13/h4-7,9-10,16H,3,8H2,1-2H3. The average molecular weight is 215 g/mol. The lowest BCUT2D eigenvalue weighted by Crippen LogP contribution is -2.21. The summed E-state index contributed by atoms with van der Waals surface area (Å²) >= 11 is 0. The van der Waals surface area contributed by atoms with Crippen molar-refractivity contribution in [3.05, 3.63) is 42.2 Å². The lowest BCUT2D eigenvalue weighted by atomic mass is 9.89. The summed E-state index contributed by atoms with van der Waals surface area (Å²) in [5, 5.41) is 12.6. The molecule has 0 aliphatic heterocycles. The largest absolute Gasteiger partial charge is 0.385 e. The van der Waals surface area contributed by atoms with E-state index in [4.69, 9.17) is 0 Å². The normalized spacial score (nSPS) is 14.9. The zero-order valence-electron chi connectivity index (χ0n) is 9.77. The first-order valence-electron chi connectivity index (χ1n) is 5.71. The highest BCUT2D eigenvalue weighted by Crippen LogP contribution is 2.30. The van der Waals surface area contributed by atoms with Gasteiger partial charge in [-0.05, 0) is 18.7 Å². The van der Waals surface area contributed by atoms with Gasteiger partial charge in [-0.2, -0.15) is 0 Å². The first-order chi connectivity index (χ1) is 7.65. The van der Waals surface area contributed by atoms with Gasteiger partial charge in [-0.25, -0.2) is 0 Å². The molecular weight excluding hydrogens is 198 g/mol. The molecule has 0 radical (unpaired) electrons. The van der Waals surface area contributed by atoms with Crippen LogP contribution >= 0.6 is 0 Å². The van der Waals surface area contributed by atoms with Crippen molar-refractivity contribution in [2.24, 2.45) is 0 Å². The molecule has 1 aromatic carbocycles. The van der Waals surface area contributed by atoms with Crippen LogP contribution in [0.5, 0.6) is 0 Å². The van der Waals surface area contributed by atoms with Crippen LogP contribution in [0.25, 0.3) is 10.8 Å². The van der Waals surface area contributed by atoms with Crippen LogP contribution in [0.4, 0.5) is 0 Å². The summed E-state index contributed by atoms with van der Waals surface area (Å²) < 4.78 is 0. The van der Waals surface area contributed by atoms with Gasteiger partial charge in [0, 0.05) is 23.3 Å². The number of nitrogens with zero attached hydrogens (tertiary/aromatic N) is 1. The maximum Gasteiger partial charge on any atom is 0.0889 e. The maximum atomic E-state index is 10.4. The zero-order chi connectivity index (χ0) is 11.6. The average Bonchev–Trinajstić information content (AvgIpc) is 2.28. The molecule has 2 heteroatoms. The number of aromatic nitrogens is 1. The number of rotatable bonds is 3. The van der Waals surface area contributed by atoms with Crippen LogP contribution in [-0.4, -0.2) is 10.1 Å². The summed E-state index contributed by atoms with van der Waals surface area (Å²) in [5.74, 6) is 0. The minimum atomic E-state index is -0.789. The minimum absolute atomic E-state index is 0.753. The van der Waals surface area contributed by atoms with Crippen molar-refractivity contribution in [3.63, 3.8) is 0 Å². The summed E-state index contributed by atoms with van der Waals surface area (Å²) in [7, 11) is 0. The highest BCUT2D eigenvalue weighted by atomic mass is 16.3. The number of benzene rings is 1. The predicted molar refractivity (Wildman–Crippen MR) is 66.2 cm³/mol. The number of hydrogen-bond donors (Lipinski definition) is 1. The molecule has 1 unspecified atom stereocenters. The number of hydrogen-bond acceptors (Lipinski definition) is 2. The van der Waals surface area contributed by atoms with Crippen LogP contribution in [0, 0.1) is 0 Å². The number of fused-ring (bicyclic) bond motifs is 1. The lowest BCUT2D eigenvalue weighted by Gasteiger charge is -2.24. The molecule has 0 fully saturated rings. The third kappa shape index (κ3) is 1.93. The molecule has 0 spiro atoms. The Bertz CT molecular complexity index is 486. The highest BCUT2D eigenvalue weighted by molar-refractivity contribution is 5.85. The molecule has 1 aromatic heterocycles. The van der Waals surface area contributed by atoms with E-state index in [1.54, 1.807) is 6.20 Å². The van der Waals surface area contributed by atoms with Crippen molar-refractivity contribution in [1.29, 1.82) is 0 Å². The van der Waals surface area contributed by atoms with E-state index in [-0.39, 0.29) is 0 Å². The van der Waals surface area contributed by atoms with E-state index in [9.17, 15) is 5.11 Å². The molecule has 1 atom stereocenters. The van der Waals surface area contributed by atoms with Gasteiger partial charge in [-0.15, -0.1) is 0 Å². The van der Waals surface area contributed by atoms with Gasteiger partial charge >= 0.3 is 0 Å². The lowest BCUT2D eigenvalue weighted by molar-refractivity contribution is 0.0482. The minimum Gasteiger partial charge on any atom is -0.385 e. The van der Waals surface area contributed by atoms with E-state index < -0.39 is 5.60 Å². The zero-order valence-corrected chi connectivity index (χ0v) is 9.77. The summed E-state index contributed by atoms with van der Waals surface area (Å²) in [6, 6.07) is 8.04. The van der Waals surface area contributed by atoms with Gasteiger partial charge < -0.3 is 5.11 Å². The van der Waals surface area contributed by atoms with Gasteiger partial charge in [0.1, 0.15) is 0 Å². The smallest absolute Gasteiger partial charge is 0.0889 e. The van der Waals surface area contributed by atoms with Crippen molar-refractivity contribution >= 4 is 10.8 Å². The van der Waals surface area contributed by atoms with Crippen LogP contribution in [0.2, 0.25) is 0 Å². The Hall–Kier alpha value is -1.41. The SMILES string of the molecule is CCCC(C)(O)c1cncc2ccccc12. The monoisotopic (exact) mass is 215 g/mol. The molecule has 0 amide bonds. The molecule has 1 heterocycles. The Kier molecular flexibility index (Phi) is 2.92. The van der Waals surface area contributed by atoms with Crippen LogP contribution in [0.3, 0.4) is 0 Å². The predicted octanol–water partition coefficient (Wildman–Crippen LogP) is 3.24. The molecule has 2 nitrogen and oxygen atoms in total. The Labute approximate surface area is 96.0 Å². The molecule has 0 aliphatic rings. The first kappa shape index (κ1) is 11.1. The van der Waals surface area contributed by atoms with E-state index in [1.807, 2.05) is 37.4 Å². The highest BCUT2D eigenvalue weighted by Gasteiger charge is 2.24. The van der Waals surface area contributed by atoms with Crippen molar-refractivity contribution in [2.45, 2.75) is 32.3 Å². The molecule has 2 aromatic rings. The Morgan fingerprint density at radius 2 is 2.00 bits per heavy atom. The van der Waals surface area contributed by atoms with E-state index >= 15 is 0 Å². The second kappa shape index (κ2) is 4.22. The quantitative estimate of drug-likeness (QED) is 0.852. The van der Waals surface area contributed by atoms with Crippen LogP contribution in [-0.2, 0) is 5.60 Å². The van der Waals surface area contributed by atoms with Crippen LogP contribution < -0.4 is 0 Å². The molecular formula is C14H17NO. The number of pyridine rings is 1. The van der Waals surface area contributed by atoms with Gasteiger partial charge in [0.2, 0.25) is 0 Å². The van der Waals surface area contributed by atoms with Gasteiger partial charge in [-0.3, -0.25) is 4.98 Å². The summed E-state index contributed by atoms with van der Waals surface area (Å²) in [5.41, 5.74) is 0.134. The topological polar surface area (TPSA) is 33.1 Å². The van der Waals surface area contributed by atoms with Gasteiger partial charge in [0.25, 0.3) is 0 Å². The van der Waals surface area contributed by atoms with Gasteiger partial charge in [0.05, 0.1) is 5.60 Å². The molecule has 2 rings (SSSR count). The van der Waals surface area contributed by atoms with Crippen LogP contribution in [0.15, 0.2) is 36.7 Å². The van der Waals surface area contributed by atoms with Gasteiger partial charge in [0.15, 0.2) is 0 Å². The van der Waals surface area contributed by atoms with Crippen LogP contribution in [0.1, 0.15) is 32.3 Å². The second-order valence-corrected chi connectivity index (χ2v) is 4.43. The number of aliphatic hydroxyl groups is 1. The molecule has 16 heavy (non-hydrogen) atoms. The van der Waals surface area contributed by atoms with E-state index in [0.717, 1.165) is 29.2 Å². The fourth-order valence-electron chi connectivity index (χ4n) is 2.17. The molecule has 1 N–H and O–H groups in total. The van der Waals surface area contributed by atoms with E-state index in [1.165, 1.54) is 0 Å². The van der Waals surface area contributed by atoms with E-state index in [2.05, 4.69) is 11.9 Å². The van der Waals surface area contributed by atoms with Crippen molar-refractivity contribution in [2.75, 3.05) is 0 Å². The first-order valence-corrected chi connectivity index (χ1v) is 5.71. The fourth-order valence-corrected chi connectivity index (χ4v) is 2.17. The summed E-state index contributed by atoms with van der Waals surface area (Å²) in [4.78, 5) is 4.20. The molecule has 0 bridgehead atoms. The fraction of sp³-hybridized carbons (Fsp3) is 0.357. The molecule has 0 saturated carbocycles.